The Hall–Kier alpha value is -0.240. The largest absolute Gasteiger partial charge is 0.390 e. The molecule has 2 heterocycles. The summed E-state index contributed by atoms with van der Waals surface area (Å²) in [6.07, 6.45) is -5.14. The normalized spacial score (nSPS) is 54.6. The number of nitrogens with zero attached hydrogens (tertiary/aromatic N) is 1. The lowest BCUT2D eigenvalue weighted by atomic mass is 9.93. The zero-order valence-electron chi connectivity index (χ0n) is 7.56. The van der Waals surface area contributed by atoms with Crippen LogP contribution in [-0.4, -0.2) is 73.7 Å². The van der Waals surface area contributed by atoms with Crippen LogP contribution in [0, 0.1) is 0 Å². The van der Waals surface area contributed by atoms with Gasteiger partial charge in [0.2, 0.25) is 0 Å². The van der Waals surface area contributed by atoms with Gasteiger partial charge in [-0.3, -0.25) is 4.90 Å². The van der Waals surface area contributed by atoms with Crippen molar-refractivity contribution >= 4 is 0 Å². The molecule has 6 atom stereocenters. The van der Waals surface area contributed by atoms with Gasteiger partial charge in [0.05, 0.1) is 30.5 Å². The van der Waals surface area contributed by atoms with Gasteiger partial charge in [-0.1, -0.05) is 0 Å². The molecule has 2 fully saturated rings. The summed E-state index contributed by atoms with van der Waals surface area (Å²) in [7, 11) is 0. The van der Waals surface area contributed by atoms with Gasteiger partial charge >= 0.3 is 0 Å². The second-order valence-electron chi connectivity index (χ2n) is 4.02. The third-order valence-corrected chi connectivity index (χ3v) is 3.10. The van der Waals surface area contributed by atoms with Crippen LogP contribution >= 0.6 is 0 Å². The van der Waals surface area contributed by atoms with Crippen LogP contribution in [0.3, 0.4) is 0 Å². The molecule has 2 aliphatic heterocycles. The lowest BCUT2D eigenvalue weighted by Crippen LogP contribution is -2.59. The van der Waals surface area contributed by atoms with Gasteiger partial charge in [-0.2, -0.15) is 0 Å². The number of rotatable bonds is 0. The predicted octanol–water partition coefficient (Wildman–Crippen LogP) is -3.16. The molecule has 6 nitrogen and oxygen atoms in total. The molecule has 0 saturated carbocycles. The molecule has 82 valence electrons. The van der Waals surface area contributed by atoms with E-state index in [9.17, 15) is 25.5 Å². The second-order valence-corrected chi connectivity index (χ2v) is 4.02. The Labute approximate surface area is 81.0 Å². The second kappa shape index (κ2) is 3.41. The van der Waals surface area contributed by atoms with Gasteiger partial charge in [0.25, 0.3) is 0 Å². The minimum atomic E-state index is -1.12. The van der Waals surface area contributed by atoms with E-state index >= 15 is 0 Å². The highest BCUT2D eigenvalue weighted by molar-refractivity contribution is 5.03. The zero-order valence-corrected chi connectivity index (χ0v) is 7.56. The minimum absolute atomic E-state index is 0.0388. The Morgan fingerprint density at radius 2 is 1.43 bits per heavy atom. The van der Waals surface area contributed by atoms with Crippen molar-refractivity contribution in [2.75, 3.05) is 6.54 Å². The number of aliphatic hydroxyl groups is 5. The zero-order chi connectivity index (χ0) is 10.5. The Kier molecular flexibility index (Phi) is 2.50. The molecule has 2 rings (SSSR count). The molecule has 2 aliphatic rings. The van der Waals surface area contributed by atoms with E-state index in [2.05, 4.69) is 0 Å². The van der Waals surface area contributed by atoms with Gasteiger partial charge in [-0.15, -0.1) is 0 Å². The van der Waals surface area contributed by atoms with Crippen molar-refractivity contribution in [3.8, 4) is 0 Å². The average molecular weight is 205 g/mol. The molecule has 0 unspecified atom stereocenters. The van der Waals surface area contributed by atoms with Gasteiger partial charge in [-0.25, -0.2) is 0 Å². The van der Waals surface area contributed by atoms with Gasteiger partial charge in [-0.05, 0) is 0 Å². The molecule has 0 amide bonds. The summed E-state index contributed by atoms with van der Waals surface area (Å²) in [5.41, 5.74) is 0. The SMILES string of the molecule is O[C@H]1[C@H]2[C@H](O)[C@H](O)CN2[C@H](O)C[C@H]1O. The van der Waals surface area contributed by atoms with E-state index in [1.807, 2.05) is 0 Å². The molecule has 5 N–H and O–H groups in total. The quantitative estimate of drug-likeness (QED) is 0.286. The van der Waals surface area contributed by atoms with Crippen molar-refractivity contribution in [2.24, 2.45) is 0 Å². The fourth-order valence-electron chi connectivity index (χ4n) is 2.31. The van der Waals surface area contributed by atoms with E-state index in [-0.39, 0.29) is 13.0 Å². The summed E-state index contributed by atoms with van der Waals surface area (Å²) < 4.78 is 0. The van der Waals surface area contributed by atoms with Crippen LogP contribution in [-0.2, 0) is 0 Å². The van der Waals surface area contributed by atoms with Crippen LogP contribution < -0.4 is 0 Å². The number of piperidine rings is 1. The van der Waals surface area contributed by atoms with Crippen LogP contribution in [0.15, 0.2) is 0 Å². The first-order valence-electron chi connectivity index (χ1n) is 4.68. The highest BCUT2D eigenvalue weighted by atomic mass is 16.4. The average Bonchev–Trinajstić information content (AvgIpc) is 2.41. The Morgan fingerprint density at radius 1 is 0.857 bits per heavy atom. The van der Waals surface area contributed by atoms with Crippen molar-refractivity contribution in [1.82, 2.24) is 4.90 Å². The maximum Gasteiger partial charge on any atom is 0.110 e. The van der Waals surface area contributed by atoms with Gasteiger partial charge in [0, 0.05) is 13.0 Å². The Balaban J connectivity index is 2.21. The van der Waals surface area contributed by atoms with Gasteiger partial charge < -0.3 is 25.5 Å². The first kappa shape index (κ1) is 10.3. The fraction of sp³-hybridized carbons (Fsp3) is 1.00. The summed E-state index contributed by atoms with van der Waals surface area (Å²) in [6.45, 7) is 0.122. The van der Waals surface area contributed by atoms with Crippen molar-refractivity contribution in [3.63, 3.8) is 0 Å². The molecule has 0 aromatic heterocycles. The standard InChI is InChI=1S/C8H15NO5/c10-3-1-5(12)9-2-4(11)8(14)6(9)7(3)13/h3-8,10-14H,1-2H2/t3-,4-,5-,6+,7-,8-/m1/s1. The van der Waals surface area contributed by atoms with E-state index in [0.717, 1.165) is 0 Å². The highest BCUT2D eigenvalue weighted by Crippen LogP contribution is 2.31. The van der Waals surface area contributed by atoms with Crippen molar-refractivity contribution in [1.29, 1.82) is 0 Å². The molecule has 0 radical (unpaired) electrons. The molecular formula is C8H15NO5. The molecule has 0 aliphatic carbocycles. The predicted molar refractivity (Wildman–Crippen MR) is 45.1 cm³/mol. The van der Waals surface area contributed by atoms with E-state index in [0.29, 0.717) is 0 Å². The van der Waals surface area contributed by atoms with Crippen LogP contribution in [0.4, 0.5) is 0 Å². The van der Waals surface area contributed by atoms with Gasteiger partial charge in [0.15, 0.2) is 0 Å². The van der Waals surface area contributed by atoms with Crippen LogP contribution in [0.1, 0.15) is 6.42 Å². The summed E-state index contributed by atoms with van der Waals surface area (Å²) in [6, 6.07) is -0.774. The van der Waals surface area contributed by atoms with E-state index < -0.39 is 36.7 Å². The van der Waals surface area contributed by atoms with Crippen molar-refractivity contribution in [3.05, 3.63) is 0 Å². The minimum Gasteiger partial charge on any atom is -0.390 e. The molecule has 0 bridgehead atoms. The highest BCUT2D eigenvalue weighted by Gasteiger charge is 2.51. The molecule has 0 spiro atoms. The third kappa shape index (κ3) is 1.35. The van der Waals surface area contributed by atoms with E-state index in [1.165, 1.54) is 4.90 Å². The molecule has 2 saturated heterocycles. The number of aliphatic hydroxyl groups excluding tert-OH is 5. The lowest BCUT2D eigenvalue weighted by Gasteiger charge is -2.41. The molecule has 6 heteroatoms. The molecule has 0 aromatic rings. The monoisotopic (exact) mass is 205 g/mol. The topological polar surface area (TPSA) is 104 Å². The van der Waals surface area contributed by atoms with Crippen LogP contribution in [0.5, 0.6) is 0 Å². The summed E-state index contributed by atoms with van der Waals surface area (Å²) >= 11 is 0. The Morgan fingerprint density at radius 3 is 2.07 bits per heavy atom. The van der Waals surface area contributed by atoms with Crippen LogP contribution in [0.2, 0.25) is 0 Å². The number of fused-ring (bicyclic) bond motifs is 1. The maximum absolute atomic E-state index is 9.58. The number of hydrogen-bond acceptors (Lipinski definition) is 6. The first-order chi connectivity index (χ1) is 6.52. The molecule has 14 heavy (non-hydrogen) atoms. The first-order valence-corrected chi connectivity index (χ1v) is 4.68. The summed E-state index contributed by atoms with van der Waals surface area (Å²) in [4.78, 5) is 1.42. The summed E-state index contributed by atoms with van der Waals surface area (Å²) in [5, 5.41) is 47.4. The fourth-order valence-corrected chi connectivity index (χ4v) is 2.31. The molecular weight excluding hydrogens is 190 g/mol. The van der Waals surface area contributed by atoms with Gasteiger partial charge in [0.1, 0.15) is 6.23 Å². The Bertz CT molecular complexity index is 226. The molecule has 0 aromatic carbocycles. The maximum atomic E-state index is 9.58. The smallest absolute Gasteiger partial charge is 0.110 e. The summed E-state index contributed by atoms with van der Waals surface area (Å²) in [5.74, 6) is 0. The van der Waals surface area contributed by atoms with Crippen molar-refractivity contribution < 1.29 is 25.5 Å². The number of hydrogen-bond donors (Lipinski definition) is 5. The van der Waals surface area contributed by atoms with E-state index in [1.54, 1.807) is 0 Å². The third-order valence-electron chi connectivity index (χ3n) is 3.10. The van der Waals surface area contributed by atoms with Crippen molar-refractivity contribution in [2.45, 2.75) is 43.1 Å². The lowest BCUT2D eigenvalue weighted by molar-refractivity contribution is -0.156. The van der Waals surface area contributed by atoms with Crippen LogP contribution in [0.25, 0.3) is 0 Å². The van der Waals surface area contributed by atoms with E-state index in [4.69, 9.17) is 0 Å².